The van der Waals surface area contributed by atoms with Gasteiger partial charge in [-0.2, -0.15) is 0 Å². The summed E-state index contributed by atoms with van der Waals surface area (Å²) in [6.07, 6.45) is 3.60. The van der Waals surface area contributed by atoms with E-state index in [1.54, 1.807) is 13.3 Å². The number of nitrogens with zero attached hydrogens (tertiary/aromatic N) is 2. The Balaban J connectivity index is 1.61. The lowest BCUT2D eigenvalue weighted by molar-refractivity contribution is -0.159. The van der Waals surface area contributed by atoms with Crippen molar-refractivity contribution in [2.45, 2.75) is 38.0 Å². The molecule has 0 saturated carbocycles. The van der Waals surface area contributed by atoms with Gasteiger partial charge < -0.3 is 14.8 Å². The van der Waals surface area contributed by atoms with Crippen LogP contribution in [0.4, 0.5) is 0 Å². The van der Waals surface area contributed by atoms with E-state index in [9.17, 15) is 4.79 Å². The minimum absolute atomic E-state index is 0.0133. The number of morpholine rings is 1. The van der Waals surface area contributed by atoms with E-state index in [0.29, 0.717) is 5.88 Å². The Kier molecular flexibility index (Phi) is 4.31. The summed E-state index contributed by atoms with van der Waals surface area (Å²) >= 11 is 0. The third kappa shape index (κ3) is 2.94. The predicted octanol–water partition coefficient (Wildman–Crippen LogP) is 0.960. The summed E-state index contributed by atoms with van der Waals surface area (Å²) in [5.41, 5.74) is 0.899. The molecule has 0 radical (unpaired) electrons. The largest absolute Gasteiger partial charge is 0.481 e. The van der Waals surface area contributed by atoms with Crippen LogP contribution in [0.15, 0.2) is 18.3 Å². The van der Waals surface area contributed by atoms with Gasteiger partial charge in [0.25, 0.3) is 0 Å². The van der Waals surface area contributed by atoms with Gasteiger partial charge in [-0.3, -0.25) is 9.69 Å². The van der Waals surface area contributed by atoms with Crippen LogP contribution in [0, 0.1) is 0 Å². The van der Waals surface area contributed by atoms with Gasteiger partial charge in [-0.1, -0.05) is 6.07 Å². The summed E-state index contributed by atoms with van der Waals surface area (Å²) in [4.78, 5) is 18.0. The maximum absolute atomic E-state index is 11.4. The number of piperidine rings is 1. The van der Waals surface area contributed by atoms with Gasteiger partial charge in [0, 0.05) is 31.4 Å². The average molecular weight is 305 g/mol. The minimum Gasteiger partial charge on any atom is -0.481 e. The molecule has 2 aliphatic heterocycles. The maximum Gasteiger partial charge on any atom is 0.246 e. The van der Waals surface area contributed by atoms with Gasteiger partial charge in [-0.05, 0) is 25.8 Å². The normalized spacial score (nSPS) is 25.0. The number of hydrogen-bond acceptors (Lipinski definition) is 5. The van der Waals surface area contributed by atoms with E-state index in [1.807, 2.05) is 13.0 Å². The van der Waals surface area contributed by atoms with Gasteiger partial charge in [-0.15, -0.1) is 0 Å². The summed E-state index contributed by atoms with van der Waals surface area (Å²) in [5, 5.41) is 3.01. The van der Waals surface area contributed by atoms with Crippen molar-refractivity contribution in [2.75, 3.05) is 26.8 Å². The summed E-state index contributed by atoms with van der Waals surface area (Å²) in [6, 6.07) is 4.06. The Hall–Kier alpha value is -1.66. The molecule has 1 aromatic rings. The van der Waals surface area contributed by atoms with E-state index in [4.69, 9.17) is 9.47 Å². The molecule has 0 unspecified atom stereocenters. The highest BCUT2D eigenvalue weighted by molar-refractivity contribution is 5.78. The molecular weight excluding hydrogens is 282 g/mol. The van der Waals surface area contributed by atoms with Crippen molar-refractivity contribution in [1.82, 2.24) is 15.2 Å². The molecule has 1 spiro atoms. The molecule has 3 heterocycles. The van der Waals surface area contributed by atoms with Gasteiger partial charge in [-0.25, -0.2) is 4.98 Å². The summed E-state index contributed by atoms with van der Waals surface area (Å²) in [6.45, 7) is 4.93. The first-order valence-corrected chi connectivity index (χ1v) is 7.76. The van der Waals surface area contributed by atoms with Crippen molar-refractivity contribution in [3.63, 3.8) is 0 Å². The fraction of sp³-hybridized carbons (Fsp3) is 0.625. The molecule has 6 heteroatoms. The van der Waals surface area contributed by atoms with E-state index in [1.165, 1.54) is 0 Å². The molecular formula is C16H23N3O3. The SMILES string of the molecule is COc1ncccc1CN1CCC2(CC1)OCC(=O)N[C@H]2C. The Morgan fingerprint density at radius 3 is 2.95 bits per heavy atom. The Labute approximate surface area is 130 Å². The fourth-order valence-corrected chi connectivity index (χ4v) is 3.39. The Morgan fingerprint density at radius 2 is 2.27 bits per heavy atom. The number of amides is 1. The number of carbonyl (C=O) groups is 1. The van der Waals surface area contributed by atoms with Crippen LogP contribution in [-0.4, -0.2) is 54.2 Å². The van der Waals surface area contributed by atoms with Crippen molar-refractivity contribution >= 4 is 5.91 Å². The van der Waals surface area contributed by atoms with E-state index < -0.39 is 0 Å². The lowest BCUT2D eigenvalue weighted by Gasteiger charge is -2.47. The van der Waals surface area contributed by atoms with Gasteiger partial charge in [0.15, 0.2) is 0 Å². The zero-order valence-corrected chi connectivity index (χ0v) is 13.2. The van der Waals surface area contributed by atoms with Crippen molar-refractivity contribution < 1.29 is 14.3 Å². The van der Waals surface area contributed by atoms with Gasteiger partial charge >= 0.3 is 0 Å². The molecule has 1 N–H and O–H groups in total. The molecule has 6 nitrogen and oxygen atoms in total. The standard InChI is InChI=1S/C16H23N3O3/c1-12-16(22-11-14(20)18-12)5-8-19(9-6-16)10-13-4-3-7-17-15(13)21-2/h3-4,7,12H,5-6,8-11H2,1-2H3,(H,18,20)/t12-/m0/s1. The monoisotopic (exact) mass is 305 g/mol. The average Bonchev–Trinajstić information content (AvgIpc) is 2.54. The van der Waals surface area contributed by atoms with Crippen LogP contribution < -0.4 is 10.1 Å². The van der Waals surface area contributed by atoms with Crippen molar-refractivity contribution in [1.29, 1.82) is 0 Å². The lowest BCUT2D eigenvalue weighted by Crippen LogP contribution is -2.62. The van der Waals surface area contributed by atoms with E-state index >= 15 is 0 Å². The molecule has 0 aromatic carbocycles. The smallest absolute Gasteiger partial charge is 0.246 e. The van der Waals surface area contributed by atoms with Crippen LogP contribution in [0.5, 0.6) is 5.88 Å². The molecule has 2 aliphatic rings. The number of pyridine rings is 1. The first-order valence-electron chi connectivity index (χ1n) is 7.76. The van der Waals surface area contributed by atoms with Gasteiger partial charge in [0.1, 0.15) is 6.61 Å². The lowest BCUT2D eigenvalue weighted by atomic mass is 9.83. The number of aromatic nitrogens is 1. The van der Waals surface area contributed by atoms with Crippen molar-refractivity contribution in [3.05, 3.63) is 23.9 Å². The molecule has 1 amide bonds. The highest BCUT2D eigenvalue weighted by Crippen LogP contribution is 2.32. The second-order valence-electron chi connectivity index (χ2n) is 6.09. The Morgan fingerprint density at radius 1 is 1.50 bits per heavy atom. The zero-order chi connectivity index (χ0) is 15.6. The zero-order valence-electron chi connectivity index (χ0n) is 13.2. The first kappa shape index (κ1) is 15.2. The summed E-state index contributed by atoms with van der Waals surface area (Å²) in [7, 11) is 1.65. The number of methoxy groups -OCH3 is 1. The molecule has 22 heavy (non-hydrogen) atoms. The minimum atomic E-state index is -0.205. The van der Waals surface area contributed by atoms with E-state index in [2.05, 4.69) is 21.3 Å². The number of hydrogen-bond donors (Lipinski definition) is 1. The Bertz CT molecular complexity index is 541. The topological polar surface area (TPSA) is 63.7 Å². The molecule has 1 atom stereocenters. The quantitative estimate of drug-likeness (QED) is 0.901. The molecule has 2 saturated heterocycles. The van der Waals surface area contributed by atoms with Gasteiger partial charge in [0.05, 0.1) is 18.8 Å². The molecule has 1 aromatic heterocycles. The summed E-state index contributed by atoms with van der Waals surface area (Å²) in [5.74, 6) is 0.679. The molecule has 0 bridgehead atoms. The van der Waals surface area contributed by atoms with Crippen LogP contribution in [-0.2, 0) is 16.1 Å². The number of carbonyl (C=O) groups excluding carboxylic acids is 1. The van der Waals surface area contributed by atoms with E-state index in [-0.39, 0.29) is 24.2 Å². The fourth-order valence-electron chi connectivity index (χ4n) is 3.39. The molecule has 2 fully saturated rings. The summed E-state index contributed by atoms with van der Waals surface area (Å²) < 4.78 is 11.2. The number of rotatable bonds is 3. The van der Waals surface area contributed by atoms with E-state index in [0.717, 1.165) is 38.0 Å². The first-order chi connectivity index (χ1) is 10.6. The molecule has 0 aliphatic carbocycles. The predicted molar refractivity (Wildman–Crippen MR) is 81.6 cm³/mol. The highest BCUT2D eigenvalue weighted by Gasteiger charge is 2.44. The van der Waals surface area contributed by atoms with Gasteiger partial charge in [0.2, 0.25) is 11.8 Å². The third-order valence-electron chi connectivity index (χ3n) is 4.80. The highest BCUT2D eigenvalue weighted by atomic mass is 16.5. The molecule has 120 valence electrons. The molecule has 3 rings (SSSR count). The van der Waals surface area contributed by atoms with Crippen LogP contribution in [0.1, 0.15) is 25.3 Å². The van der Waals surface area contributed by atoms with Crippen LogP contribution in [0.3, 0.4) is 0 Å². The van der Waals surface area contributed by atoms with Crippen molar-refractivity contribution in [3.8, 4) is 5.88 Å². The maximum atomic E-state index is 11.4. The second-order valence-corrected chi connectivity index (χ2v) is 6.09. The van der Waals surface area contributed by atoms with Crippen molar-refractivity contribution in [2.24, 2.45) is 0 Å². The van der Waals surface area contributed by atoms with Crippen LogP contribution in [0.2, 0.25) is 0 Å². The van der Waals surface area contributed by atoms with Crippen LogP contribution >= 0.6 is 0 Å². The number of ether oxygens (including phenoxy) is 2. The number of nitrogens with one attached hydrogen (secondary N) is 1. The third-order valence-corrected chi connectivity index (χ3v) is 4.80. The second kappa shape index (κ2) is 6.22. The number of likely N-dealkylation sites (tertiary alicyclic amines) is 1. The van der Waals surface area contributed by atoms with Crippen LogP contribution in [0.25, 0.3) is 0 Å².